The Kier molecular flexibility index (Phi) is 7.70. The van der Waals surface area contributed by atoms with Crippen LogP contribution in [0, 0.1) is 5.92 Å². The Hall–Kier alpha value is -4.11. The van der Waals surface area contributed by atoms with E-state index in [0.717, 1.165) is 41.9 Å². The quantitative estimate of drug-likeness (QED) is 0.445. The standard InChI is InChI=1S/C23H24N2O3.C4H4O4/c1-27-20-8-3-2-6-17(20)18-7-4-5-16-13-21(28-22(16)18)23(26)24-19-14-25-11-9-15(19)10-12-25;5-3(6)1-2-4(7)8/h2-8,13,15,19H,9-12,14H2,1H3,(H,24,26);1-2H,(H,5,6)(H,7,8)/b;2-1+/t19-;/m0./s1. The van der Waals surface area contributed by atoms with Crippen LogP contribution >= 0.6 is 0 Å². The SMILES string of the molecule is COc1ccccc1-c1cccc2cc(C(=O)N[C@H]3CN4CCC3CC4)oc12.O=C(O)/C=C/C(=O)O. The van der Waals surface area contributed by atoms with Crippen LogP contribution in [0.25, 0.3) is 22.1 Å². The third-order valence-electron chi connectivity index (χ3n) is 6.51. The van der Waals surface area contributed by atoms with Crippen molar-refractivity contribution in [2.75, 3.05) is 26.7 Å². The second-order valence-electron chi connectivity index (χ2n) is 8.76. The van der Waals surface area contributed by atoms with Crippen LogP contribution in [-0.4, -0.2) is 65.7 Å². The van der Waals surface area contributed by atoms with Gasteiger partial charge in [-0.15, -0.1) is 0 Å². The van der Waals surface area contributed by atoms with Crippen LogP contribution in [0.15, 0.2) is 65.1 Å². The highest BCUT2D eigenvalue weighted by Gasteiger charge is 2.35. The third-order valence-corrected chi connectivity index (χ3v) is 6.51. The van der Waals surface area contributed by atoms with Crippen LogP contribution in [0.5, 0.6) is 5.75 Å². The predicted molar refractivity (Wildman–Crippen MR) is 133 cm³/mol. The van der Waals surface area contributed by atoms with Gasteiger partial charge in [-0.3, -0.25) is 4.79 Å². The molecule has 1 atom stereocenters. The molecule has 0 saturated carbocycles. The molecule has 2 bridgehead atoms. The second-order valence-corrected chi connectivity index (χ2v) is 8.76. The smallest absolute Gasteiger partial charge is 0.328 e. The molecular formula is C27H28N2O7. The fourth-order valence-corrected chi connectivity index (χ4v) is 4.76. The summed E-state index contributed by atoms with van der Waals surface area (Å²) in [6, 6.07) is 15.9. The van der Waals surface area contributed by atoms with Gasteiger partial charge in [0.15, 0.2) is 5.76 Å². The summed E-state index contributed by atoms with van der Waals surface area (Å²) in [6.07, 6.45) is 3.46. The lowest BCUT2D eigenvalue weighted by Gasteiger charge is -2.44. The molecule has 1 aromatic heterocycles. The van der Waals surface area contributed by atoms with E-state index in [1.54, 1.807) is 7.11 Å². The maximum Gasteiger partial charge on any atom is 0.328 e. The molecule has 9 heteroatoms. The molecule has 4 heterocycles. The van der Waals surface area contributed by atoms with Crippen LogP contribution in [-0.2, 0) is 9.59 Å². The molecule has 0 radical (unpaired) electrons. The van der Waals surface area contributed by atoms with Crippen LogP contribution in [0.3, 0.4) is 0 Å². The van der Waals surface area contributed by atoms with Crippen molar-refractivity contribution in [2.45, 2.75) is 18.9 Å². The summed E-state index contributed by atoms with van der Waals surface area (Å²) in [6.45, 7) is 3.26. The molecule has 9 nitrogen and oxygen atoms in total. The van der Waals surface area contributed by atoms with Crippen LogP contribution in [0.2, 0.25) is 0 Å². The van der Waals surface area contributed by atoms with E-state index in [2.05, 4.69) is 10.2 Å². The molecule has 3 fully saturated rings. The normalized spacial score (nSPS) is 20.5. The van der Waals surface area contributed by atoms with E-state index in [0.29, 0.717) is 29.4 Å². The Morgan fingerprint density at radius 2 is 1.67 bits per heavy atom. The predicted octanol–water partition coefficient (Wildman–Crippen LogP) is 3.64. The van der Waals surface area contributed by atoms with Gasteiger partial charge in [-0.25, -0.2) is 9.59 Å². The number of carboxylic acid groups (broad SMARTS) is 2. The van der Waals surface area contributed by atoms with E-state index in [9.17, 15) is 14.4 Å². The fourth-order valence-electron chi connectivity index (χ4n) is 4.76. The number of hydrogen-bond donors (Lipinski definition) is 3. The monoisotopic (exact) mass is 492 g/mol. The Labute approximate surface area is 208 Å². The van der Waals surface area contributed by atoms with E-state index >= 15 is 0 Å². The highest BCUT2D eigenvalue weighted by atomic mass is 16.5. The number of amides is 1. The molecule has 3 N–H and O–H groups in total. The number of furan rings is 1. The maximum absolute atomic E-state index is 12.9. The zero-order chi connectivity index (χ0) is 25.7. The minimum absolute atomic E-state index is 0.124. The number of aliphatic carboxylic acids is 2. The van der Waals surface area contributed by atoms with Crippen molar-refractivity contribution in [2.24, 2.45) is 5.92 Å². The summed E-state index contributed by atoms with van der Waals surface area (Å²) in [5, 5.41) is 19.8. The number of ether oxygens (including phenoxy) is 1. The molecule has 0 aliphatic carbocycles. The van der Waals surface area contributed by atoms with Crippen molar-refractivity contribution in [3.8, 4) is 16.9 Å². The molecule has 188 valence electrons. The number of carbonyl (C=O) groups is 3. The number of rotatable bonds is 6. The van der Waals surface area contributed by atoms with Crippen molar-refractivity contribution in [3.05, 3.63) is 66.4 Å². The van der Waals surface area contributed by atoms with Gasteiger partial charge >= 0.3 is 11.9 Å². The van der Waals surface area contributed by atoms with Crippen molar-refractivity contribution in [1.82, 2.24) is 10.2 Å². The number of carboxylic acids is 2. The first-order chi connectivity index (χ1) is 17.4. The number of carbonyl (C=O) groups excluding carboxylic acids is 1. The molecule has 0 unspecified atom stereocenters. The van der Waals surface area contributed by atoms with Gasteiger partial charge in [-0.1, -0.05) is 36.4 Å². The number of nitrogens with zero attached hydrogens (tertiary/aromatic N) is 1. The zero-order valence-corrected chi connectivity index (χ0v) is 19.8. The number of para-hydroxylation sites is 2. The molecule has 3 aliphatic heterocycles. The van der Waals surface area contributed by atoms with E-state index < -0.39 is 11.9 Å². The minimum atomic E-state index is -1.26. The van der Waals surface area contributed by atoms with Crippen LogP contribution < -0.4 is 10.1 Å². The van der Waals surface area contributed by atoms with Gasteiger partial charge in [0.25, 0.3) is 5.91 Å². The van der Waals surface area contributed by atoms with Gasteiger partial charge in [-0.05, 0) is 44.0 Å². The minimum Gasteiger partial charge on any atom is -0.496 e. The molecule has 3 saturated heterocycles. The number of benzene rings is 2. The molecular weight excluding hydrogens is 464 g/mol. The Balaban J connectivity index is 0.000000331. The molecule has 36 heavy (non-hydrogen) atoms. The molecule has 6 rings (SSSR count). The van der Waals surface area contributed by atoms with E-state index in [4.69, 9.17) is 19.4 Å². The van der Waals surface area contributed by atoms with Gasteiger partial charge in [-0.2, -0.15) is 0 Å². The summed E-state index contributed by atoms with van der Waals surface area (Å²) in [5.41, 5.74) is 2.59. The average molecular weight is 493 g/mol. The fraction of sp³-hybridized carbons (Fsp3) is 0.296. The van der Waals surface area contributed by atoms with Crippen LogP contribution in [0.4, 0.5) is 0 Å². The zero-order valence-electron chi connectivity index (χ0n) is 19.8. The van der Waals surface area contributed by atoms with E-state index in [1.807, 2.05) is 48.5 Å². The number of methoxy groups -OCH3 is 1. The lowest BCUT2D eigenvalue weighted by atomic mass is 9.84. The van der Waals surface area contributed by atoms with Crippen molar-refractivity contribution < 1.29 is 33.8 Å². The highest BCUT2D eigenvalue weighted by Crippen LogP contribution is 2.36. The Morgan fingerprint density at radius 1 is 1.00 bits per heavy atom. The number of piperidine rings is 3. The number of hydrogen-bond acceptors (Lipinski definition) is 6. The molecule has 0 spiro atoms. The number of nitrogens with one attached hydrogen (secondary N) is 1. The summed E-state index contributed by atoms with van der Waals surface area (Å²) < 4.78 is 11.6. The second kappa shape index (κ2) is 11.1. The van der Waals surface area contributed by atoms with Gasteiger partial charge in [0.1, 0.15) is 11.3 Å². The Bertz CT molecular complexity index is 1270. The average Bonchev–Trinajstić information content (AvgIpc) is 3.33. The van der Waals surface area contributed by atoms with Crippen molar-refractivity contribution in [3.63, 3.8) is 0 Å². The summed E-state index contributed by atoms with van der Waals surface area (Å²) in [5.74, 6) is -0.901. The van der Waals surface area contributed by atoms with Crippen molar-refractivity contribution in [1.29, 1.82) is 0 Å². The lowest BCUT2D eigenvalue weighted by molar-refractivity contribution is -0.134. The van der Waals surface area contributed by atoms with E-state index in [1.165, 1.54) is 12.8 Å². The van der Waals surface area contributed by atoms with Gasteiger partial charge in [0.05, 0.1) is 7.11 Å². The van der Waals surface area contributed by atoms with Crippen LogP contribution in [0.1, 0.15) is 23.4 Å². The molecule has 3 aliphatic rings. The third kappa shape index (κ3) is 5.75. The first-order valence-corrected chi connectivity index (χ1v) is 11.7. The Morgan fingerprint density at radius 3 is 2.28 bits per heavy atom. The lowest BCUT2D eigenvalue weighted by Crippen LogP contribution is -2.57. The summed E-state index contributed by atoms with van der Waals surface area (Å²) >= 11 is 0. The largest absolute Gasteiger partial charge is 0.496 e. The first-order valence-electron chi connectivity index (χ1n) is 11.7. The highest BCUT2D eigenvalue weighted by molar-refractivity contribution is 6.00. The summed E-state index contributed by atoms with van der Waals surface area (Å²) in [4.78, 5) is 34.4. The summed E-state index contributed by atoms with van der Waals surface area (Å²) in [7, 11) is 1.66. The molecule has 3 aromatic rings. The van der Waals surface area contributed by atoms with Gasteiger partial charge in [0, 0.05) is 41.3 Å². The van der Waals surface area contributed by atoms with Gasteiger partial charge in [0.2, 0.25) is 0 Å². The van der Waals surface area contributed by atoms with Crippen molar-refractivity contribution >= 4 is 28.8 Å². The molecule has 2 aromatic carbocycles. The number of fused-ring (bicyclic) bond motifs is 4. The molecule has 1 amide bonds. The maximum atomic E-state index is 12.9. The first kappa shape index (κ1) is 25.0. The van der Waals surface area contributed by atoms with Gasteiger partial charge < -0.3 is 29.6 Å². The van der Waals surface area contributed by atoms with E-state index in [-0.39, 0.29) is 11.9 Å². The topological polar surface area (TPSA) is 129 Å².